The van der Waals surface area contributed by atoms with E-state index in [4.69, 9.17) is 10.5 Å². The first kappa shape index (κ1) is 19.2. The minimum Gasteiger partial charge on any atom is -0.497 e. The summed E-state index contributed by atoms with van der Waals surface area (Å²) in [6, 6.07) is 15.2. The van der Waals surface area contributed by atoms with Crippen LogP contribution in [0, 0.1) is 5.92 Å². The highest BCUT2D eigenvalue weighted by atomic mass is 16.5. The summed E-state index contributed by atoms with van der Waals surface area (Å²) in [4.78, 5) is 0. The topological polar surface area (TPSA) is 55.5 Å². The molecule has 1 saturated carbocycles. The number of fused-ring (bicyclic) bond motifs is 1. The predicted octanol–water partition coefficient (Wildman–Crippen LogP) is 4.47. The molecule has 0 radical (unpaired) electrons. The molecule has 148 valence electrons. The Balaban J connectivity index is 1.43. The number of aryl methyl sites for hydroxylation is 1. The van der Waals surface area contributed by atoms with Crippen molar-refractivity contribution in [3.05, 3.63) is 70.8 Å². The minimum atomic E-state index is -0.378. The van der Waals surface area contributed by atoms with Crippen molar-refractivity contribution in [3.63, 3.8) is 0 Å². The first-order chi connectivity index (χ1) is 13.6. The lowest BCUT2D eigenvalue weighted by Gasteiger charge is -2.25. The van der Waals surface area contributed by atoms with Gasteiger partial charge in [0.05, 0.1) is 13.7 Å². The van der Waals surface area contributed by atoms with Crippen LogP contribution in [-0.2, 0) is 12.8 Å². The molecule has 0 spiro atoms. The maximum absolute atomic E-state index is 9.53. The minimum absolute atomic E-state index is 0.0930. The van der Waals surface area contributed by atoms with Crippen LogP contribution in [-0.4, -0.2) is 24.4 Å². The standard InChI is InChI=1S/C25H31NO2/c1-28-24-4-2-3-18(14-24)5-6-19-7-8-21-15-22(10-9-20(21)13-19)23-11-12-25(26,16-23)17-27/h2-6,9-10,14-15,19,23,27H,7-8,11-13,16-17,26H2,1H3/b6-5+/t19?,23-,25+/m0/s1. The number of aliphatic hydroxyl groups excluding tert-OH is 1. The van der Waals surface area contributed by atoms with Crippen molar-refractivity contribution >= 4 is 6.08 Å². The SMILES string of the molecule is COc1cccc(/C=C/C2CCc3cc([C@H]4CC[C@](N)(CO)C4)ccc3C2)c1. The summed E-state index contributed by atoms with van der Waals surface area (Å²) in [5.41, 5.74) is 11.5. The second kappa shape index (κ2) is 8.10. The zero-order valence-corrected chi connectivity index (χ0v) is 16.7. The third-order valence-electron chi connectivity index (χ3n) is 6.58. The van der Waals surface area contributed by atoms with Crippen LogP contribution in [0.4, 0.5) is 0 Å². The molecule has 0 aromatic heterocycles. The van der Waals surface area contributed by atoms with E-state index in [2.05, 4.69) is 42.5 Å². The van der Waals surface area contributed by atoms with E-state index in [1.54, 1.807) is 7.11 Å². The Labute approximate surface area is 168 Å². The number of methoxy groups -OCH3 is 1. The quantitative estimate of drug-likeness (QED) is 0.808. The van der Waals surface area contributed by atoms with E-state index < -0.39 is 0 Å². The van der Waals surface area contributed by atoms with Crippen LogP contribution in [0.3, 0.4) is 0 Å². The number of aliphatic hydroxyl groups is 1. The fourth-order valence-electron chi connectivity index (χ4n) is 4.80. The highest BCUT2D eigenvalue weighted by Gasteiger charge is 2.36. The van der Waals surface area contributed by atoms with Crippen molar-refractivity contribution < 1.29 is 9.84 Å². The van der Waals surface area contributed by atoms with Crippen molar-refractivity contribution in [3.8, 4) is 5.75 Å². The number of benzene rings is 2. The largest absolute Gasteiger partial charge is 0.497 e. The van der Waals surface area contributed by atoms with Gasteiger partial charge in [-0.15, -0.1) is 0 Å². The number of allylic oxidation sites excluding steroid dienone is 1. The van der Waals surface area contributed by atoms with Crippen LogP contribution in [0.2, 0.25) is 0 Å². The average Bonchev–Trinajstić information content (AvgIpc) is 3.14. The van der Waals surface area contributed by atoms with Gasteiger partial charge < -0.3 is 15.6 Å². The molecule has 0 bridgehead atoms. The van der Waals surface area contributed by atoms with Gasteiger partial charge in [0.25, 0.3) is 0 Å². The summed E-state index contributed by atoms with van der Waals surface area (Å²) in [6.07, 6.45) is 10.9. The van der Waals surface area contributed by atoms with Crippen LogP contribution in [0.25, 0.3) is 6.08 Å². The zero-order chi connectivity index (χ0) is 19.6. The van der Waals surface area contributed by atoms with E-state index in [0.29, 0.717) is 11.8 Å². The molecule has 3 N–H and O–H groups in total. The summed E-state index contributed by atoms with van der Waals surface area (Å²) in [5, 5.41) is 9.53. The summed E-state index contributed by atoms with van der Waals surface area (Å²) in [7, 11) is 1.71. The molecule has 3 atom stereocenters. The molecule has 2 aromatic rings. The van der Waals surface area contributed by atoms with Crippen LogP contribution in [0.1, 0.15) is 53.9 Å². The predicted molar refractivity (Wildman–Crippen MR) is 115 cm³/mol. The summed E-state index contributed by atoms with van der Waals surface area (Å²) >= 11 is 0. The van der Waals surface area contributed by atoms with E-state index in [1.165, 1.54) is 28.7 Å². The second-order valence-corrected chi connectivity index (χ2v) is 8.63. The number of hydrogen-bond acceptors (Lipinski definition) is 3. The van der Waals surface area contributed by atoms with Crippen LogP contribution in [0.5, 0.6) is 5.75 Å². The monoisotopic (exact) mass is 377 g/mol. The van der Waals surface area contributed by atoms with E-state index in [1.807, 2.05) is 12.1 Å². The fraction of sp³-hybridized carbons (Fsp3) is 0.440. The maximum atomic E-state index is 9.53. The van der Waals surface area contributed by atoms with Gasteiger partial charge >= 0.3 is 0 Å². The lowest BCUT2D eigenvalue weighted by Crippen LogP contribution is -2.40. The van der Waals surface area contributed by atoms with E-state index in [0.717, 1.165) is 37.9 Å². The van der Waals surface area contributed by atoms with Gasteiger partial charge in [0.15, 0.2) is 0 Å². The highest BCUT2D eigenvalue weighted by Crippen LogP contribution is 2.40. The highest BCUT2D eigenvalue weighted by molar-refractivity contribution is 5.52. The number of rotatable bonds is 5. The summed E-state index contributed by atoms with van der Waals surface area (Å²) in [6.45, 7) is 0.0930. The van der Waals surface area contributed by atoms with E-state index in [9.17, 15) is 5.11 Å². The van der Waals surface area contributed by atoms with Crippen molar-refractivity contribution in [2.75, 3.05) is 13.7 Å². The molecule has 1 unspecified atom stereocenters. The number of nitrogens with two attached hydrogens (primary N) is 1. The first-order valence-corrected chi connectivity index (χ1v) is 10.4. The van der Waals surface area contributed by atoms with Gasteiger partial charge in [-0.25, -0.2) is 0 Å². The number of ether oxygens (including phenoxy) is 1. The molecule has 4 rings (SSSR count). The lowest BCUT2D eigenvalue weighted by molar-refractivity contribution is 0.198. The van der Waals surface area contributed by atoms with Gasteiger partial charge in [0, 0.05) is 5.54 Å². The Morgan fingerprint density at radius 2 is 2.07 bits per heavy atom. The van der Waals surface area contributed by atoms with Gasteiger partial charge in [-0.2, -0.15) is 0 Å². The normalized spacial score (nSPS) is 27.1. The fourth-order valence-corrected chi connectivity index (χ4v) is 4.80. The Bertz CT molecular complexity index is 859. The third-order valence-corrected chi connectivity index (χ3v) is 6.58. The Kier molecular flexibility index (Phi) is 5.56. The molecule has 1 fully saturated rings. The molecule has 3 nitrogen and oxygen atoms in total. The summed E-state index contributed by atoms with van der Waals surface area (Å²) < 4.78 is 5.31. The van der Waals surface area contributed by atoms with Gasteiger partial charge in [0.2, 0.25) is 0 Å². The van der Waals surface area contributed by atoms with Crippen molar-refractivity contribution in [1.82, 2.24) is 0 Å². The molecule has 0 heterocycles. The van der Waals surface area contributed by atoms with Crippen molar-refractivity contribution in [2.24, 2.45) is 11.7 Å². The van der Waals surface area contributed by atoms with Crippen LogP contribution >= 0.6 is 0 Å². The molecule has 0 amide bonds. The average molecular weight is 378 g/mol. The molecule has 0 saturated heterocycles. The van der Waals surface area contributed by atoms with Gasteiger partial charge in [-0.05, 0) is 84.7 Å². The second-order valence-electron chi connectivity index (χ2n) is 8.63. The first-order valence-electron chi connectivity index (χ1n) is 10.4. The van der Waals surface area contributed by atoms with Crippen LogP contribution < -0.4 is 10.5 Å². The van der Waals surface area contributed by atoms with E-state index >= 15 is 0 Å². The molecular formula is C25H31NO2. The molecular weight excluding hydrogens is 346 g/mol. The van der Waals surface area contributed by atoms with Gasteiger partial charge in [0.1, 0.15) is 5.75 Å². The molecule has 28 heavy (non-hydrogen) atoms. The Morgan fingerprint density at radius 3 is 2.86 bits per heavy atom. The molecule has 3 heteroatoms. The Hall–Kier alpha value is -2.10. The molecule has 2 aromatic carbocycles. The van der Waals surface area contributed by atoms with Gasteiger partial charge in [-0.1, -0.05) is 42.5 Å². The lowest BCUT2D eigenvalue weighted by atomic mass is 9.81. The summed E-state index contributed by atoms with van der Waals surface area (Å²) in [5.74, 6) is 1.98. The smallest absolute Gasteiger partial charge is 0.119 e. The molecule has 2 aliphatic rings. The molecule has 2 aliphatic carbocycles. The van der Waals surface area contributed by atoms with E-state index in [-0.39, 0.29) is 12.1 Å². The Morgan fingerprint density at radius 1 is 1.18 bits per heavy atom. The molecule has 0 aliphatic heterocycles. The van der Waals surface area contributed by atoms with Crippen molar-refractivity contribution in [2.45, 2.75) is 50.0 Å². The third kappa shape index (κ3) is 4.16. The van der Waals surface area contributed by atoms with Gasteiger partial charge in [-0.3, -0.25) is 0 Å². The van der Waals surface area contributed by atoms with Crippen molar-refractivity contribution in [1.29, 1.82) is 0 Å². The van der Waals surface area contributed by atoms with Crippen LogP contribution in [0.15, 0.2) is 48.5 Å². The zero-order valence-electron chi connectivity index (χ0n) is 16.7. The number of hydrogen-bond donors (Lipinski definition) is 2. The maximum Gasteiger partial charge on any atom is 0.119 e.